The van der Waals surface area contributed by atoms with Gasteiger partial charge in [0, 0.05) is 17.9 Å². The van der Waals surface area contributed by atoms with Gasteiger partial charge in [0.25, 0.3) is 0 Å². The molecule has 0 fully saturated rings. The monoisotopic (exact) mass is 207 g/mol. The Balaban J connectivity index is 1.84. The first-order chi connectivity index (χ1) is 7.93. The second kappa shape index (κ2) is 3.93. The molecule has 0 aliphatic carbocycles. The lowest BCUT2D eigenvalue weighted by Crippen LogP contribution is -2.25. The molecule has 0 atom stereocenters. The van der Waals surface area contributed by atoms with Gasteiger partial charge in [0.15, 0.2) is 0 Å². The third-order valence-corrected chi connectivity index (χ3v) is 2.79. The highest BCUT2D eigenvalue weighted by molar-refractivity contribution is 6.49. The average molecular weight is 207 g/mol. The zero-order valence-corrected chi connectivity index (χ0v) is 8.93. The summed E-state index contributed by atoms with van der Waals surface area (Å²) in [7, 11) is 2.03. The molecule has 0 bridgehead atoms. The number of rotatable bonds is 2. The number of benzene rings is 2. The smallest absolute Gasteiger partial charge is 0.389 e. The van der Waals surface area contributed by atoms with E-state index in [1.54, 1.807) is 0 Å². The highest BCUT2D eigenvalue weighted by atomic mass is 15.2. The summed E-state index contributed by atoms with van der Waals surface area (Å²) < 4.78 is 0. The molecule has 0 saturated carbocycles. The van der Waals surface area contributed by atoms with Gasteiger partial charge in [0.05, 0.1) is 0 Å². The van der Waals surface area contributed by atoms with Crippen molar-refractivity contribution < 1.29 is 0 Å². The van der Waals surface area contributed by atoms with Gasteiger partial charge in [0.2, 0.25) is 0 Å². The van der Waals surface area contributed by atoms with Crippen LogP contribution in [0.5, 0.6) is 0 Å². The first-order valence-electron chi connectivity index (χ1n) is 5.43. The SMILES string of the molecule is [B]1Nc2ccccc2N1Cc1ccccc1. The van der Waals surface area contributed by atoms with Crippen LogP contribution in [0.1, 0.15) is 5.56 Å². The van der Waals surface area contributed by atoms with Crippen LogP contribution in [0.3, 0.4) is 0 Å². The second-order valence-electron chi connectivity index (χ2n) is 3.90. The summed E-state index contributed by atoms with van der Waals surface area (Å²) in [6.07, 6.45) is 0. The van der Waals surface area contributed by atoms with E-state index in [1.807, 2.05) is 19.7 Å². The Morgan fingerprint density at radius 2 is 1.69 bits per heavy atom. The van der Waals surface area contributed by atoms with Crippen LogP contribution in [0.4, 0.5) is 11.4 Å². The van der Waals surface area contributed by atoms with E-state index in [-0.39, 0.29) is 0 Å². The zero-order valence-electron chi connectivity index (χ0n) is 8.93. The molecule has 2 aromatic rings. The van der Waals surface area contributed by atoms with Crippen LogP contribution in [0.2, 0.25) is 0 Å². The lowest BCUT2D eigenvalue weighted by molar-refractivity contribution is 1.05. The predicted molar refractivity (Wildman–Crippen MR) is 68.4 cm³/mol. The number of fused-ring (bicyclic) bond motifs is 1. The molecule has 1 N–H and O–H groups in total. The molecule has 0 aromatic heterocycles. The normalized spacial score (nSPS) is 12.9. The van der Waals surface area contributed by atoms with E-state index in [2.05, 4.69) is 52.5 Å². The van der Waals surface area contributed by atoms with Crippen LogP contribution >= 0.6 is 0 Å². The van der Waals surface area contributed by atoms with Crippen molar-refractivity contribution in [2.75, 3.05) is 10.0 Å². The number of para-hydroxylation sites is 2. The lowest BCUT2D eigenvalue weighted by atomic mass is 10.1. The summed E-state index contributed by atoms with van der Waals surface area (Å²) in [4.78, 5) is 2.23. The van der Waals surface area contributed by atoms with Crippen molar-refractivity contribution in [3.63, 3.8) is 0 Å². The first-order valence-corrected chi connectivity index (χ1v) is 5.43. The number of nitrogens with one attached hydrogen (secondary N) is 1. The molecule has 0 spiro atoms. The van der Waals surface area contributed by atoms with Crippen molar-refractivity contribution in [1.82, 2.24) is 0 Å². The number of anilines is 2. The molecule has 0 saturated heterocycles. The lowest BCUT2D eigenvalue weighted by Gasteiger charge is -2.17. The molecule has 0 unspecified atom stereocenters. The predicted octanol–water partition coefficient (Wildman–Crippen LogP) is 2.65. The van der Waals surface area contributed by atoms with Gasteiger partial charge in [-0.15, -0.1) is 0 Å². The standard InChI is InChI=1S/C13H12BN2/c1-2-6-11(7-3-1)10-16-13-9-5-4-8-12(13)15-14-16/h1-9,15H,10H2. The van der Waals surface area contributed by atoms with Gasteiger partial charge in [-0.3, -0.25) is 0 Å². The van der Waals surface area contributed by atoms with Gasteiger partial charge in [-0.05, 0) is 17.7 Å². The van der Waals surface area contributed by atoms with Crippen LogP contribution in [-0.4, -0.2) is 7.55 Å². The molecule has 1 heterocycles. The minimum absolute atomic E-state index is 0.908. The molecule has 1 aliphatic heterocycles. The van der Waals surface area contributed by atoms with E-state index in [9.17, 15) is 0 Å². The Hall–Kier alpha value is -1.90. The number of hydrogen-bond donors (Lipinski definition) is 1. The van der Waals surface area contributed by atoms with Gasteiger partial charge < -0.3 is 10.0 Å². The topological polar surface area (TPSA) is 15.3 Å². The van der Waals surface area contributed by atoms with Gasteiger partial charge in [0.1, 0.15) is 0 Å². The minimum Gasteiger partial charge on any atom is -0.411 e. The average Bonchev–Trinajstić information content (AvgIpc) is 2.74. The number of nitrogens with zero attached hydrogens (tertiary/aromatic N) is 1. The molecule has 16 heavy (non-hydrogen) atoms. The molecule has 3 heteroatoms. The van der Waals surface area contributed by atoms with Gasteiger partial charge in [-0.1, -0.05) is 42.5 Å². The highest BCUT2D eigenvalue weighted by Crippen LogP contribution is 2.30. The van der Waals surface area contributed by atoms with Crippen molar-refractivity contribution in [3.8, 4) is 0 Å². The van der Waals surface area contributed by atoms with Crippen LogP contribution in [0.25, 0.3) is 0 Å². The van der Waals surface area contributed by atoms with E-state index in [0.717, 1.165) is 6.54 Å². The van der Waals surface area contributed by atoms with E-state index in [0.29, 0.717) is 0 Å². The largest absolute Gasteiger partial charge is 0.411 e. The van der Waals surface area contributed by atoms with E-state index >= 15 is 0 Å². The van der Waals surface area contributed by atoms with Gasteiger partial charge >= 0.3 is 7.55 Å². The van der Waals surface area contributed by atoms with Gasteiger partial charge in [-0.25, -0.2) is 0 Å². The Bertz CT molecular complexity index is 484. The van der Waals surface area contributed by atoms with Crippen LogP contribution in [0, 0.1) is 0 Å². The quantitative estimate of drug-likeness (QED) is 0.761. The molecule has 77 valence electrons. The van der Waals surface area contributed by atoms with Crippen LogP contribution < -0.4 is 10.0 Å². The van der Waals surface area contributed by atoms with Crippen molar-refractivity contribution in [2.24, 2.45) is 0 Å². The van der Waals surface area contributed by atoms with Crippen LogP contribution in [0.15, 0.2) is 54.6 Å². The summed E-state index contributed by atoms with van der Waals surface area (Å²) >= 11 is 0. The summed E-state index contributed by atoms with van der Waals surface area (Å²) in [6, 6.07) is 18.8. The maximum Gasteiger partial charge on any atom is 0.389 e. The van der Waals surface area contributed by atoms with Crippen molar-refractivity contribution in [3.05, 3.63) is 60.2 Å². The summed E-state index contributed by atoms with van der Waals surface area (Å²) in [5.41, 5.74) is 3.74. The fourth-order valence-corrected chi connectivity index (χ4v) is 1.97. The molecule has 1 radical (unpaired) electrons. The maximum absolute atomic E-state index is 3.27. The summed E-state index contributed by atoms with van der Waals surface area (Å²) in [6.45, 7) is 0.908. The van der Waals surface area contributed by atoms with Crippen molar-refractivity contribution in [2.45, 2.75) is 6.54 Å². The third kappa shape index (κ3) is 1.65. The van der Waals surface area contributed by atoms with E-state index < -0.39 is 0 Å². The Labute approximate surface area is 96.2 Å². The molecule has 0 amide bonds. The fraction of sp³-hybridized carbons (Fsp3) is 0.0769. The Kier molecular flexibility index (Phi) is 2.29. The molecular formula is C13H12BN2. The molecule has 2 aromatic carbocycles. The summed E-state index contributed by atoms with van der Waals surface area (Å²) in [5.74, 6) is 0. The third-order valence-electron chi connectivity index (χ3n) is 2.79. The van der Waals surface area contributed by atoms with Crippen molar-refractivity contribution in [1.29, 1.82) is 0 Å². The first kappa shape index (κ1) is 9.34. The molecular weight excluding hydrogens is 195 g/mol. The minimum atomic E-state index is 0.908. The maximum atomic E-state index is 3.27. The number of hydrogen-bond acceptors (Lipinski definition) is 2. The van der Waals surface area contributed by atoms with E-state index in [4.69, 9.17) is 0 Å². The highest BCUT2D eigenvalue weighted by Gasteiger charge is 2.19. The van der Waals surface area contributed by atoms with Crippen molar-refractivity contribution >= 4 is 18.9 Å². The molecule has 1 aliphatic rings. The van der Waals surface area contributed by atoms with Gasteiger partial charge in [-0.2, -0.15) is 0 Å². The Morgan fingerprint density at radius 3 is 2.56 bits per heavy atom. The zero-order chi connectivity index (χ0) is 10.8. The second-order valence-corrected chi connectivity index (χ2v) is 3.90. The Morgan fingerprint density at radius 1 is 0.938 bits per heavy atom. The fourth-order valence-electron chi connectivity index (χ4n) is 1.97. The molecule has 3 rings (SSSR count). The summed E-state index contributed by atoms with van der Waals surface area (Å²) in [5, 5.41) is 3.27. The van der Waals surface area contributed by atoms with Crippen LogP contribution in [-0.2, 0) is 6.54 Å². The molecule has 2 nitrogen and oxygen atoms in total. The van der Waals surface area contributed by atoms with E-state index in [1.165, 1.54) is 16.9 Å².